The van der Waals surface area contributed by atoms with E-state index >= 15 is 0 Å². The average molecular weight is 229 g/mol. The third kappa shape index (κ3) is 146. The van der Waals surface area contributed by atoms with E-state index in [1.165, 1.54) is 0 Å². The van der Waals surface area contributed by atoms with Gasteiger partial charge in [-0.3, -0.25) is 0 Å². The van der Waals surface area contributed by atoms with Crippen molar-refractivity contribution in [1.29, 1.82) is 0 Å². The molecule has 0 aromatic carbocycles. The molecule has 0 bridgehead atoms. The first kappa shape index (κ1) is 12.2. The van der Waals surface area contributed by atoms with Gasteiger partial charge in [0.05, 0.1) is 0 Å². The summed E-state index contributed by atoms with van der Waals surface area (Å²) in [6.45, 7) is 0. The molecule has 0 spiro atoms. The molecule has 0 heterocycles. The summed E-state index contributed by atoms with van der Waals surface area (Å²) in [7, 11) is 0. The Morgan fingerprint density at radius 3 is 0.625 bits per heavy atom. The number of rotatable bonds is 0. The molecule has 0 nitrogen and oxygen atoms in total. The van der Waals surface area contributed by atoms with Crippen molar-refractivity contribution in [3.8, 4) is 0 Å². The van der Waals surface area contributed by atoms with E-state index in [9.17, 15) is 15.8 Å². The van der Waals surface area contributed by atoms with Crippen LogP contribution in [-0.2, 0) is 21.0 Å². The minimum absolute atomic E-state index is 0. The van der Waals surface area contributed by atoms with Gasteiger partial charge in [0.25, 0.3) is 0 Å². The molecule has 0 rings (SSSR count). The van der Waals surface area contributed by atoms with Gasteiger partial charge in [0.2, 0.25) is 0 Å². The van der Waals surface area contributed by atoms with Gasteiger partial charge in [-0.15, -0.1) is 0 Å². The standard InChI is InChI=1S/6FH.Na.Zr.H/h6*1H;;;/q;;;;;;;+6;/p-6. The van der Waals surface area contributed by atoms with Gasteiger partial charge in [-0.1, -0.05) is 0 Å². The van der Waals surface area contributed by atoms with Crippen LogP contribution in [0.15, 0.2) is 0 Å². The van der Waals surface area contributed by atoms with Gasteiger partial charge in [-0.05, 0) is 0 Å². The Morgan fingerprint density at radius 1 is 0.625 bits per heavy atom. The van der Waals surface area contributed by atoms with E-state index < -0.39 is 21.0 Å². The van der Waals surface area contributed by atoms with E-state index in [2.05, 4.69) is 0 Å². The van der Waals surface area contributed by atoms with E-state index in [4.69, 9.17) is 0 Å². The van der Waals surface area contributed by atoms with Gasteiger partial charge >= 0.3 is 66.3 Å². The molecule has 0 unspecified atom stereocenters. The maximum absolute atomic E-state index is 11.3. The van der Waals surface area contributed by atoms with Crippen LogP contribution in [0.4, 0.5) is 15.8 Å². The zero-order valence-electron chi connectivity index (χ0n) is 2.77. The van der Waals surface area contributed by atoms with E-state index in [0.717, 1.165) is 0 Å². The summed E-state index contributed by atoms with van der Waals surface area (Å²) in [5.41, 5.74) is 0. The maximum atomic E-state index is 9.93. The fraction of sp³-hybridized carbons (Fsp3) is 0. The predicted molar refractivity (Wildman–Crippen MR) is 13.8 cm³/mol. The van der Waals surface area contributed by atoms with Gasteiger partial charge in [-0.2, -0.15) is 0 Å². The predicted octanol–water partition coefficient (Wildman–Crippen LogP) is 1.87. The molecule has 0 aliphatic rings. The van der Waals surface area contributed by atoms with E-state index in [1.54, 1.807) is 0 Å². The molecule has 0 aliphatic carbocycles. The van der Waals surface area contributed by atoms with Crippen LogP contribution in [0.25, 0.3) is 0 Å². The monoisotopic (exact) mass is 228 g/mol. The molecule has 0 N–H and O–H groups in total. The van der Waals surface area contributed by atoms with Gasteiger partial charge in [0.15, 0.2) is 0 Å². The molecule has 0 radical (unpaired) electrons. The van der Waals surface area contributed by atoms with Crippen LogP contribution in [0.5, 0.6) is 0 Å². The third-order valence-electron chi connectivity index (χ3n) is 0. The Labute approximate surface area is 65.7 Å². The summed E-state index contributed by atoms with van der Waals surface area (Å²) in [5, 5.41) is 0. The van der Waals surface area contributed by atoms with Crippen LogP contribution in [0.1, 0.15) is 0 Å². The number of halogens is 6. The first-order valence-electron chi connectivity index (χ1n) is 1.13. The second kappa shape index (κ2) is 1.74. The Morgan fingerprint density at radius 2 is 0.625 bits per heavy atom. The number of hydrogen-bond acceptors (Lipinski definition) is 0. The molecule has 0 aromatic heterocycles. The molecule has 0 atom stereocenters. The quantitative estimate of drug-likeness (QED) is 0.439. The van der Waals surface area contributed by atoms with Crippen LogP contribution < -0.4 is 0 Å². The summed E-state index contributed by atoms with van der Waals surface area (Å²) >= 11 is -11.3. The first-order chi connectivity index (χ1) is 2.45. The third-order valence-corrected chi connectivity index (χ3v) is 0. The minimum atomic E-state index is -11.3. The Hall–Kier alpha value is 1.46. The average Bonchev–Trinajstić information content (AvgIpc) is 0.592. The molecule has 0 aliphatic heterocycles. The van der Waals surface area contributed by atoms with Crippen molar-refractivity contribution in [3.63, 3.8) is 0 Å². The summed E-state index contributed by atoms with van der Waals surface area (Å²) in [6.07, 6.45) is 0. The molecular formula is HF6NaZr. The van der Waals surface area contributed by atoms with Crippen LogP contribution in [-0.4, -0.2) is 29.6 Å². The second-order valence-corrected chi connectivity index (χ2v) is 6.34. The molecule has 8 heavy (non-hydrogen) atoms. The van der Waals surface area contributed by atoms with Crippen molar-refractivity contribution in [2.75, 3.05) is 0 Å². The molecule has 8 heteroatoms. The normalized spacial score (nSPS) is 20.2. The number of hydrogen-bond donors (Lipinski definition) is 0. The fourth-order valence-corrected chi connectivity index (χ4v) is 0. The van der Waals surface area contributed by atoms with E-state index in [1.807, 2.05) is 0 Å². The summed E-state index contributed by atoms with van der Waals surface area (Å²) < 4.78 is 59.6. The van der Waals surface area contributed by atoms with E-state index in [0.29, 0.717) is 0 Å². The van der Waals surface area contributed by atoms with Gasteiger partial charge in [-0.25, -0.2) is 0 Å². The molecule has 48 valence electrons. The van der Waals surface area contributed by atoms with Crippen LogP contribution in [0, 0.1) is 0 Å². The molecule has 0 aromatic rings. The first-order valence-corrected chi connectivity index (χ1v) is 6.71. The van der Waals surface area contributed by atoms with Crippen molar-refractivity contribution >= 4 is 29.6 Å². The van der Waals surface area contributed by atoms with E-state index in [-0.39, 0.29) is 29.6 Å². The second-order valence-electron chi connectivity index (χ2n) is 1.07. The molecule has 0 saturated carbocycles. The molecule has 0 fully saturated rings. The van der Waals surface area contributed by atoms with Gasteiger partial charge in [0, 0.05) is 0 Å². The summed E-state index contributed by atoms with van der Waals surface area (Å²) in [6, 6.07) is 0. The Balaban J connectivity index is 0. The van der Waals surface area contributed by atoms with Crippen molar-refractivity contribution in [3.05, 3.63) is 0 Å². The zero-order chi connectivity index (χ0) is 6.41. The molecule has 0 amide bonds. The van der Waals surface area contributed by atoms with Crippen molar-refractivity contribution in [2.24, 2.45) is 0 Å². The van der Waals surface area contributed by atoms with Crippen LogP contribution >= 0.6 is 0 Å². The Kier molecular flexibility index (Phi) is 2.65. The SMILES string of the molecule is [F][Zr]([F])([F])([F])([F])[F].[NaH]. The topological polar surface area (TPSA) is 0 Å². The fourth-order valence-electron chi connectivity index (χ4n) is 0. The Bertz CT molecular complexity index is 67.1. The molecular weight excluding hydrogens is 228 g/mol. The van der Waals surface area contributed by atoms with Crippen molar-refractivity contribution in [1.82, 2.24) is 0 Å². The van der Waals surface area contributed by atoms with Crippen LogP contribution in [0.3, 0.4) is 0 Å². The zero-order valence-corrected chi connectivity index (χ0v) is 5.23. The van der Waals surface area contributed by atoms with Crippen molar-refractivity contribution < 1.29 is 36.7 Å². The van der Waals surface area contributed by atoms with Crippen LogP contribution in [0.2, 0.25) is 0 Å². The summed E-state index contributed by atoms with van der Waals surface area (Å²) in [5.74, 6) is 0. The van der Waals surface area contributed by atoms with Gasteiger partial charge in [0.1, 0.15) is 0 Å². The molecule has 0 saturated heterocycles. The van der Waals surface area contributed by atoms with Gasteiger partial charge < -0.3 is 0 Å². The summed E-state index contributed by atoms with van der Waals surface area (Å²) in [4.78, 5) is 0. The van der Waals surface area contributed by atoms with Crippen molar-refractivity contribution in [2.45, 2.75) is 0 Å².